The summed E-state index contributed by atoms with van der Waals surface area (Å²) >= 11 is 0. The van der Waals surface area contributed by atoms with Gasteiger partial charge in [0.15, 0.2) is 12.5 Å². The largest absolute Gasteiger partial charge is 0.394 e. The van der Waals surface area contributed by atoms with Crippen LogP contribution in [0.4, 0.5) is 0 Å². The van der Waals surface area contributed by atoms with Gasteiger partial charge in [-0.15, -0.1) is 15.3 Å². The lowest BCUT2D eigenvalue weighted by Gasteiger charge is -2.39. The number of nitrogens with zero attached hydrogens (tertiary/aromatic N) is 8. The van der Waals surface area contributed by atoms with E-state index in [0.717, 1.165) is 9.36 Å². The fraction of sp³-hybridized carbons (Fsp3) is 0.706. The SMILES string of the molecule is O=C(CN(CC(=O)NCc1cn([C@H]2O[C@H](CO)[C@@H](O)[C@H](O)[C@@H]2O)nn1)CC(=O)NCc1cn([C@H]2O[C@H](CO)[C@@H](O)[C@H](O)[C@@H]2O)nn1)NCCCCCC(=O)ON1C(=O)CCC1=O. The summed E-state index contributed by atoms with van der Waals surface area (Å²) in [5, 5.41) is 104. The maximum Gasteiger partial charge on any atom is 0.333 e. The Morgan fingerprint density at radius 3 is 1.56 bits per heavy atom. The number of nitrogens with one attached hydrogen (secondary N) is 3. The van der Waals surface area contributed by atoms with Crippen LogP contribution in [0.25, 0.3) is 0 Å². The third kappa shape index (κ3) is 12.5. The number of aliphatic hydroxyl groups is 8. The van der Waals surface area contributed by atoms with Crippen LogP contribution in [0.5, 0.6) is 0 Å². The van der Waals surface area contributed by atoms with Crippen molar-refractivity contribution in [2.24, 2.45) is 0 Å². The van der Waals surface area contributed by atoms with Crippen molar-refractivity contribution in [2.45, 2.75) is 113 Å². The van der Waals surface area contributed by atoms with Gasteiger partial charge < -0.3 is 71.1 Å². The van der Waals surface area contributed by atoms with Gasteiger partial charge >= 0.3 is 5.97 Å². The molecular weight excluding hydrogens is 834 g/mol. The molecule has 5 heterocycles. The smallest absolute Gasteiger partial charge is 0.333 e. The summed E-state index contributed by atoms with van der Waals surface area (Å²) in [5.74, 6) is -3.79. The molecule has 3 saturated heterocycles. The molecule has 3 aliphatic heterocycles. The molecule has 0 unspecified atom stereocenters. The molecule has 11 N–H and O–H groups in total. The minimum atomic E-state index is -1.66. The number of rotatable bonds is 21. The number of imide groups is 1. The van der Waals surface area contributed by atoms with Crippen LogP contribution >= 0.6 is 0 Å². The van der Waals surface area contributed by atoms with Crippen molar-refractivity contribution < 1.29 is 83.9 Å². The van der Waals surface area contributed by atoms with E-state index in [1.54, 1.807) is 0 Å². The predicted molar refractivity (Wildman–Crippen MR) is 197 cm³/mol. The molecule has 0 spiro atoms. The number of aliphatic hydroxyl groups excluding tert-OH is 8. The number of hydrogen-bond acceptors (Lipinski definition) is 22. The predicted octanol–water partition coefficient (Wildman–Crippen LogP) is -7.67. The third-order valence-electron chi connectivity index (χ3n) is 9.98. The van der Waals surface area contributed by atoms with Crippen molar-refractivity contribution in [1.82, 2.24) is 55.9 Å². The van der Waals surface area contributed by atoms with Crippen LogP contribution in [0, 0.1) is 0 Å². The highest BCUT2D eigenvalue weighted by Crippen LogP contribution is 2.29. The van der Waals surface area contributed by atoms with Gasteiger partial charge in [0, 0.05) is 25.8 Å². The van der Waals surface area contributed by atoms with E-state index in [4.69, 9.17) is 14.3 Å². The summed E-state index contributed by atoms with van der Waals surface area (Å²) < 4.78 is 13.0. The van der Waals surface area contributed by atoms with Crippen LogP contribution in [-0.4, -0.2) is 205 Å². The van der Waals surface area contributed by atoms with E-state index in [-0.39, 0.29) is 50.3 Å². The molecule has 28 nitrogen and oxygen atoms in total. The molecule has 0 aromatic carbocycles. The van der Waals surface area contributed by atoms with E-state index in [2.05, 4.69) is 36.6 Å². The van der Waals surface area contributed by atoms with Gasteiger partial charge in [-0.3, -0.25) is 28.9 Å². The van der Waals surface area contributed by atoms with Crippen molar-refractivity contribution in [3.8, 4) is 0 Å². The Kier molecular flexibility index (Phi) is 17.2. The summed E-state index contributed by atoms with van der Waals surface area (Å²) in [5.41, 5.74) is 0.334. The Labute approximate surface area is 351 Å². The van der Waals surface area contributed by atoms with Gasteiger partial charge in [0.25, 0.3) is 11.8 Å². The van der Waals surface area contributed by atoms with Crippen molar-refractivity contribution in [3.05, 3.63) is 23.8 Å². The van der Waals surface area contributed by atoms with E-state index in [9.17, 15) is 69.6 Å². The Bertz CT molecular complexity index is 1750. The van der Waals surface area contributed by atoms with Crippen LogP contribution in [0.3, 0.4) is 0 Å². The quantitative estimate of drug-likeness (QED) is 0.0410. The van der Waals surface area contributed by atoms with Gasteiger partial charge in [-0.25, -0.2) is 14.2 Å². The summed E-state index contributed by atoms with van der Waals surface area (Å²) in [7, 11) is 0. The van der Waals surface area contributed by atoms with E-state index >= 15 is 0 Å². The zero-order valence-corrected chi connectivity index (χ0v) is 33.2. The Morgan fingerprint density at radius 1 is 0.661 bits per heavy atom. The number of carbonyl (C=O) groups excluding carboxylic acids is 6. The van der Waals surface area contributed by atoms with Gasteiger partial charge in [0.1, 0.15) is 60.2 Å². The highest BCUT2D eigenvalue weighted by atomic mass is 16.7. The first-order chi connectivity index (χ1) is 29.6. The molecule has 2 aromatic rings. The van der Waals surface area contributed by atoms with Gasteiger partial charge in [-0.1, -0.05) is 16.8 Å². The van der Waals surface area contributed by atoms with E-state index < -0.39 is 130 Å². The maximum absolute atomic E-state index is 13.1. The molecule has 0 saturated carbocycles. The lowest BCUT2D eigenvalue weighted by atomic mass is 9.98. The number of hydroxylamine groups is 2. The number of aromatic nitrogens is 6. The second-order valence-corrected chi connectivity index (χ2v) is 14.7. The number of amides is 5. The standard InChI is InChI=1S/C34H51N11O17/c46-15-19-27(54)29(56)31(58)33(60-19)43-10-17(38-40-43)8-36-22(49)13-42(12-21(48)35-7-3-1-2-4-26(53)62-45-24(51)5-6-25(45)52)14-23(50)37-9-18-11-44(41-39-18)34-32(59)30(57)28(55)20(16-47)61-34/h10-11,19-20,27-34,46-47,54-59H,1-9,12-16H2,(H,35,48)(H,36,49)(H,37,50)/t19-,20-,27-,28-,29+,30+,31+,32+,33+,34+/m1/s1. The van der Waals surface area contributed by atoms with Gasteiger partial charge in [-0.2, -0.15) is 0 Å². The van der Waals surface area contributed by atoms with Crippen LogP contribution in [-0.2, 0) is 56.2 Å². The van der Waals surface area contributed by atoms with Crippen LogP contribution in [0.2, 0.25) is 0 Å². The Hall–Kier alpha value is -5.14. The molecule has 28 heteroatoms. The summed E-state index contributed by atoms with van der Waals surface area (Å²) in [6.45, 7) is -2.96. The fourth-order valence-electron chi connectivity index (χ4n) is 6.57. The van der Waals surface area contributed by atoms with Crippen LogP contribution in [0.15, 0.2) is 12.4 Å². The topological polar surface area (TPSA) is 396 Å². The molecule has 0 aliphatic carbocycles. The molecule has 3 aliphatic rings. The molecular formula is C34H51N11O17. The molecule has 10 atom stereocenters. The van der Waals surface area contributed by atoms with Crippen molar-refractivity contribution in [2.75, 3.05) is 39.4 Å². The third-order valence-corrected chi connectivity index (χ3v) is 9.98. The molecule has 2 aromatic heterocycles. The number of unbranched alkanes of at least 4 members (excludes halogenated alkanes) is 2. The summed E-state index contributed by atoms with van der Waals surface area (Å²) in [4.78, 5) is 80.5. The van der Waals surface area contributed by atoms with Crippen LogP contribution in [0.1, 0.15) is 62.4 Å². The second-order valence-electron chi connectivity index (χ2n) is 14.7. The average Bonchev–Trinajstić information content (AvgIpc) is 4.00. The normalized spacial score (nSPS) is 27.7. The first kappa shape index (κ1) is 47.9. The van der Waals surface area contributed by atoms with Crippen LogP contribution < -0.4 is 16.0 Å². The first-order valence-electron chi connectivity index (χ1n) is 19.6. The second kappa shape index (κ2) is 22.3. The first-order valence-corrected chi connectivity index (χ1v) is 19.6. The van der Waals surface area contributed by atoms with Gasteiger partial charge in [-0.05, 0) is 12.8 Å². The lowest BCUT2D eigenvalue weighted by Crippen LogP contribution is -2.56. The van der Waals surface area contributed by atoms with Crippen molar-refractivity contribution in [3.63, 3.8) is 0 Å². The minimum Gasteiger partial charge on any atom is -0.394 e. The number of ether oxygens (including phenoxy) is 2. The van der Waals surface area contributed by atoms with E-state index in [1.165, 1.54) is 17.3 Å². The Morgan fingerprint density at radius 2 is 1.11 bits per heavy atom. The highest BCUT2D eigenvalue weighted by Gasteiger charge is 2.46. The summed E-state index contributed by atoms with van der Waals surface area (Å²) in [6, 6.07) is 0. The average molecular weight is 886 g/mol. The molecule has 5 amide bonds. The fourth-order valence-corrected chi connectivity index (χ4v) is 6.57. The number of carbonyl (C=O) groups is 6. The zero-order valence-electron chi connectivity index (χ0n) is 33.2. The zero-order chi connectivity index (χ0) is 45.1. The maximum atomic E-state index is 13.1. The van der Waals surface area contributed by atoms with Gasteiger partial charge in [0.05, 0.1) is 58.3 Å². The van der Waals surface area contributed by atoms with Crippen molar-refractivity contribution in [1.29, 1.82) is 0 Å². The number of hydrogen-bond donors (Lipinski definition) is 11. The van der Waals surface area contributed by atoms with E-state index in [0.29, 0.717) is 24.3 Å². The van der Waals surface area contributed by atoms with Gasteiger partial charge in [0.2, 0.25) is 17.7 Å². The molecule has 0 radical (unpaired) electrons. The van der Waals surface area contributed by atoms with Crippen molar-refractivity contribution >= 4 is 35.5 Å². The lowest BCUT2D eigenvalue weighted by molar-refractivity contribution is -0.254. The monoisotopic (exact) mass is 885 g/mol. The highest BCUT2D eigenvalue weighted by molar-refractivity contribution is 6.01. The minimum absolute atomic E-state index is 0.0270. The van der Waals surface area contributed by atoms with E-state index in [1.807, 2.05) is 0 Å². The molecule has 3 fully saturated rings. The molecule has 0 bridgehead atoms. The summed E-state index contributed by atoms with van der Waals surface area (Å²) in [6.07, 6.45) is -11.2. The Balaban J connectivity index is 1.12. The molecule has 62 heavy (non-hydrogen) atoms. The molecule has 344 valence electrons. The molecule has 5 rings (SSSR count).